The van der Waals surface area contributed by atoms with Crippen LogP contribution < -0.4 is 19.5 Å². The summed E-state index contributed by atoms with van der Waals surface area (Å²) in [5.74, 6) is 0.462. The quantitative estimate of drug-likeness (QED) is 0.767. The zero-order valence-electron chi connectivity index (χ0n) is 14.8. The maximum atomic E-state index is 12.6. The van der Waals surface area contributed by atoms with Gasteiger partial charge in [-0.15, -0.1) is 0 Å². The Labute approximate surface area is 158 Å². The standard InChI is InChI=1S/C18H21N3O5S/c1-13(18(22)20-12-14-5-7-19-8-6-14)21-27(23,24)15-3-4-16-17(11-15)26-10-2-9-25-16/h3-8,11,13,21H,2,9-10,12H2,1H3,(H,20,22)/t13-/m0/s1. The van der Waals surface area contributed by atoms with Gasteiger partial charge in [0.05, 0.1) is 24.2 Å². The number of rotatable bonds is 6. The zero-order chi connectivity index (χ0) is 19.3. The highest BCUT2D eigenvalue weighted by Crippen LogP contribution is 2.31. The van der Waals surface area contributed by atoms with Crippen LogP contribution in [0.1, 0.15) is 18.9 Å². The molecule has 0 spiro atoms. The lowest BCUT2D eigenvalue weighted by molar-refractivity contribution is -0.122. The lowest BCUT2D eigenvalue weighted by Gasteiger charge is -2.15. The van der Waals surface area contributed by atoms with Gasteiger partial charge in [0.1, 0.15) is 0 Å². The first-order valence-electron chi connectivity index (χ1n) is 8.54. The van der Waals surface area contributed by atoms with E-state index in [1.54, 1.807) is 30.6 Å². The highest BCUT2D eigenvalue weighted by Gasteiger charge is 2.23. The minimum atomic E-state index is -3.89. The van der Waals surface area contributed by atoms with Crippen LogP contribution in [0.15, 0.2) is 47.6 Å². The second-order valence-corrected chi connectivity index (χ2v) is 7.79. The number of carbonyl (C=O) groups excluding carboxylic acids is 1. The van der Waals surface area contributed by atoms with Crippen LogP contribution in [0.2, 0.25) is 0 Å². The Kier molecular flexibility index (Phi) is 5.92. The van der Waals surface area contributed by atoms with E-state index in [-0.39, 0.29) is 11.4 Å². The Morgan fingerprint density at radius 1 is 1.15 bits per heavy atom. The van der Waals surface area contributed by atoms with Crippen molar-refractivity contribution < 1.29 is 22.7 Å². The largest absolute Gasteiger partial charge is 0.490 e. The Morgan fingerprint density at radius 3 is 2.59 bits per heavy atom. The van der Waals surface area contributed by atoms with Gasteiger partial charge in [-0.05, 0) is 36.8 Å². The van der Waals surface area contributed by atoms with Crippen molar-refractivity contribution in [2.75, 3.05) is 13.2 Å². The van der Waals surface area contributed by atoms with Crippen LogP contribution in [0.25, 0.3) is 0 Å². The first kappa shape index (κ1) is 19.1. The third-order valence-electron chi connectivity index (χ3n) is 3.97. The summed E-state index contributed by atoms with van der Waals surface area (Å²) in [5.41, 5.74) is 0.872. The highest BCUT2D eigenvalue weighted by atomic mass is 32.2. The molecule has 1 aliphatic rings. The van der Waals surface area contributed by atoms with Crippen molar-refractivity contribution in [2.24, 2.45) is 0 Å². The van der Waals surface area contributed by atoms with Crippen molar-refractivity contribution in [1.29, 1.82) is 0 Å². The van der Waals surface area contributed by atoms with E-state index in [1.807, 2.05) is 0 Å². The maximum Gasteiger partial charge on any atom is 0.241 e. The fraction of sp³-hybridized carbons (Fsp3) is 0.333. The summed E-state index contributed by atoms with van der Waals surface area (Å²) >= 11 is 0. The Balaban J connectivity index is 1.64. The lowest BCUT2D eigenvalue weighted by atomic mass is 10.2. The first-order valence-corrected chi connectivity index (χ1v) is 10.0. The van der Waals surface area contributed by atoms with Crippen LogP contribution >= 0.6 is 0 Å². The smallest absolute Gasteiger partial charge is 0.241 e. The molecule has 2 N–H and O–H groups in total. The van der Waals surface area contributed by atoms with Gasteiger partial charge in [0.15, 0.2) is 11.5 Å². The van der Waals surface area contributed by atoms with Crippen molar-refractivity contribution in [3.05, 3.63) is 48.3 Å². The van der Waals surface area contributed by atoms with Gasteiger partial charge in [-0.25, -0.2) is 8.42 Å². The van der Waals surface area contributed by atoms with Crippen molar-refractivity contribution in [2.45, 2.75) is 30.8 Å². The van der Waals surface area contributed by atoms with Crippen molar-refractivity contribution in [3.8, 4) is 11.5 Å². The van der Waals surface area contributed by atoms with E-state index in [0.29, 0.717) is 24.7 Å². The average molecular weight is 391 g/mol. The second-order valence-electron chi connectivity index (χ2n) is 6.08. The minimum Gasteiger partial charge on any atom is -0.490 e. The monoisotopic (exact) mass is 391 g/mol. The predicted molar refractivity (Wildman–Crippen MR) is 97.9 cm³/mol. The van der Waals surface area contributed by atoms with Gasteiger partial charge in [0, 0.05) is 31.4 Å². The lowest BCUT2D eigenvalue weighted by Crippen LogP contribution is -2.44. The normalized spacial score (nSPS) is 14.9. The molecule has 1 aliphatic heterocycles. The van der Waals surface area contributed by atoms with Gasteiger partial charge < -0.3 is 14.8 Å². The number of hydrogen-bond acceptors (Lipinski definition) is 6. The van der Waals surface area contributed by atoms with Crippen LogP contribution in [0.4, 0.5) is 0 Å². The molecule has 1 amide bonds. The fourth-order valence-corrected chi connectivity index (χ4v) is 3.73. The molecule has 0 aliphatic carbocycles. The molecule has 0 fully saturated rings. The molecule has 1 aromatic heterocycles. The van der Waals surface area contributed by atoms with E-state index in [2.05, 4.69) is 15.0 Å². The summed E-state index contributed by atoms with van der Waals surface area (Å²) in [5, 5.41) is 2.69. The predicted octanol–water partition coefficient (Wildman–Crippen LogP) is 1.23. The number of carbonyl (C=O) groups is 1. The number of amides is 1. The third kappa shape index (κ3) is 4.95. The van der Waals surface area contributed by atoms with E-state index in [0.717, 1.165) is 12.0 Å². The molecule has 0 radical (unpaired) electrons. The molecular weight excluding hydrogens is 370 g/mol. The number of fused-ring (bicyclic) bond motifs is 1. The molecule has 1 aromatic carbocycles. The first-order chi connectivity index (χ1) is 13.0. The molecule has 144 valence electrons. The molecule has 0 bridgehead atoms. The van der Waals surface area contributed by atoms with Gasteiger partial charge in [0.25, 0.3) is 0 Å². The molecule has 2 aromatic rings. The van der Waals surface area contributed by atoms with Gasteiger partial charge >= 0.3 is 0 Å². The number of sulfonamides is 1. The van der Waals surface area contributed by atoms with Crippen LogP contribution in [-0.4, -0.2) is 38.6 Å². The van der Waals surface area contributed by atoms with Crippen LogP contribution in [0, 0.1) is 0 Å². The number of ether oxygens (including phenoxy) is 2. The number of nitrogens with one attached hydrogen (secondary N) is 2. The number of benzene rings is 1. The van der Waals surface area contributed by atoms with Crippen LogP contribution in [0.3, 0.4) is 0 Å². The molecule has 9 heteroatoms. The van der Waals surface area contributed by atoms with Gasteiger partial charge in [-0.1, -0.05) is 0 Å². The maximum absolute atomic E-state index is 12.6. The van der Waals surface area contributed by atoms with E-state index >= 15 is 0 Å². The summed E-state index contributed by atoms with van der Waals surface area (Å²) in [6.45, 7) is 2.75. The summed E-state index contributed by atoms with van der Waals surface area (Å²) in [6, 6.07) is 7.00. The highest BCUT2D eigenvalue weighted by molar-refractivity contribution is 7.89. The molecule has 0 unspecified atom stereocenters. The van der Waals surface area contributed by atoms with Crippen LogP contribution in [-0.2, 0) is 21.4 Å². The number of pyridine rings is 1. The summed E-state index contributed by atoms with van der Waals surface area (Å²) in [6.07, 6.45) is 3.97. The third-order valence-corrected chi connectivity index (χ3v) is 5.51. The van der Waals surface area contributed by atoms with E-state index in [1.165, 1.54) is 19.1 Å². The van der Waals surface area contributed by atoms with Crippen molar-refractivity contribution >= 4 is 15.9 Å². The molecule has 1 atom stereocenters. The molecule has 8 nitrogen and oxygen atoms in total. The summed E-state index contributed by atoms with van der Waals surface area (Å²) in [4.78, 5) is 16.1. The Morgan fingerprint density at radius 2 is 1.85 bits per heavy atom. The zero-order valence-corrected chi connectivity index (χ0v) is 15.7. The van der Waals surface area contributed by atoms with E-state index < -0.39 is 22.0 Å². The van der Waals surface area contributed by atoms with Crippen molar-refractivity contribution in [1.82, 2.24) is 15.0 Å². The Hall–Kier alpha value is -2.65. The topological polar surface area (TPSA) is 107 Å². The average Bonchev–Trinajstić information content (AvgIpc) is 2.91. The molecule has 3 rings (SSSR count). The van der Waals surface area contributed by atoms with E-state index in [9.17, 15) is 13.2 Å². The summed E-state index contributed by atoms with van der Waals surface area (Å²) < 4.78 is 38.6. The molecule has 0 saturated heterocycles. The number of hydrogen-bond donors (Lipinski definition) is 2. The summed E-state index contributed by atoms with van der Waals surface area (Å²) in [7, 11) is -3.89. The van der Waals surface area contributed by atoms with E-state index in [4.69, 9.17) is 9.47 Å². The van der Waals surface area contributed by atoms with Crippen LogP contribution in [0.5, 0.6) is 11.5 Å². The Bertz CT molecular complexity index is 902. The molecule has 0 saturated carbocycles. The van der Waals surface area contributed by atoms with Gasteiger partial charge in [0.2, 0.25) is 15.9 Å². The molecule has 2 heterocycles. The van der Waals surface area contributed by atoms with Crippen molar-refractivity contribution in [3.63, 3.8) is 0 Å². The fourth-order valence-electron chi connectivity index (χ4n) is 2.51. The van der Waals surface area contributed by atoms with Gasteiger partial charge in [-0.2, -0.15) is 4.72 Å². The molecule has 27 heavy (non-hydrogen) atoms. The number of nitrogens with zero attached hydrogens (tertiary/aromatic N) is 1. The SMILES string of the molecule is C[C@H](NS(=O)(=O)c1ccc2c(c1)OCCCO2)C(=O)NCc1ccncc1. The second kappa shape index (κ2) is 8.36. The van der Waals surface area contributed by atoms with Gasteiger partial charge in [-0.3, -0.25) is 9.78 Å². The minimum absolute atomic E-state index is 0.0144. The number of aromatic nitrogens is 1. The molecular formula is C18H21N3O5S.